The molecule has 1 aromatic heterocycles. The van der Waals surface area contributed by atoms with E-state index in [1.807, 2.05) is 0 Å². The van der Waals surface area contributed by atoms with E-state index in [1.165, 1.54) is 33.4 Å². The molecule has 0 radical (unpaired) electrons. The van der Waals surface area contributed by atoms with Crippen LogP contribution in [-0.2, 0) is 64.0 Å². The SMILES string of the molecule is CN[C@@H](CCCCN)C(=O)C(=O)[C@@H](NN[C@@H](CCCCN)C(=O)CN[C@@H](C)C(=O)CN[C@@H](CC(N)=O)C(=O)N[C@@H](Cc1c[nH]cn1)C(=O)CC(=O)[C@@H](NC(=O)[C@H](CCC(=O)O)NN[C@H](C(=O)C(=O)CN)C(C)C)C(C)C)[C@@H](C)O. The number of nitrogens with two attached hydrogens (primary N) is 4. The summed E-state index contributed by atoms with van der Waals surface area (Å²) in [5, 5.41) is 33.3. The van der Waals surface area contributed by atoms with Crippen LogP contribution in [0, 0.1) is 11.8 Å². The molecule has 1 rings (SSSR count). The van der Waals surface area contributed by atoms with Gasteiger partial charge in [0.05, 0.1) is 92.9 Å². The van der Waals surface area contributed by atoms with Gasteiger partial charge in [-0.05, 0) is 77.9 Å². The highest BCUT2D eigenvalue weighted by molar-refractivity contribution is 6.41. The number of carboxylic acids is 1. The maximum Gasteiger partial charge on any atom is 0.303 e. The number of primary amides is 1. The molecule has 0 saturated heterocycles. The number of nitrogens with one attached hydrogen (secondary N) is 10. The van der Waals surface area contributed by atoms with Crippen LogP contribution in [0.2, 0.25) is 0 Å². The topological polar surface area (TPSA) is 486 Å². The largest absolute Gasteiger partial charge is 0.481 e. The van der Waals surface area contributed by atoms with Gasteiger partial charge < -0.3 is 59.4 Å². The first kappa shape index (κ1) is 71.0. The van der Waals surface area contributed by atoms with Crippen molar-refractivity contribution >= 4 is 70.0 Å². The molecule has 1 aromatic rings. The predicted octanol–water partition coefficient (Wildman–Crippen LogP) is -5.30. The summed E-state index contributed by atoms with van der Waals surface area (Å²) in [6.07, 6.45) is 1.58. The van der Waals surface area contributed by atoms with Gasteiger partial charge in [0.1, 0.15) is 12.1 Å². The van der Waals surface area contributed by atoms with Crippen LogP contribution in [0.1, 0.15) is 111 Å². The van der Waals surface area contributed by atoms with Crippen LogP contribution in [0.3, 0.4) is 0 Å². The fraction of sp³-hybridized carbons (Fsp3) is 0.700. The molecule has 20 N–H and O–H groups in total. The summed E-state index contributed by atoms with van der Waals surface area (Å²) >= 11 is 0. The molecule has 0 spiro atoms. The Morgan fingerprint density at radius 2 is 1.18 bits per heavy atom. The monoisotopic (exact) mass is 1120 g/mol. The number of H-pyrrole nitrogens is 1. The number of aromatic nitrogens is 2. The molecule has 0 aromatic carbocycles. The van der Waals surface area contributed by atoms with Crippen LogP contribution in [0.15, 0.2) is 12.5 Å². The summed E-state index contributed by atoms with van der Waals surface area (Å²) in [4.78, 5) is 164. The number of hydrazine groups is 2. The van der Waals surface area contributed by atoms with E-state index in [-0.39, 0.29) is 31.5 Å². The first-order valence-electron chi connectivity index (χ1n) is 26.5. The lowest BCUT2D eigenvalue weighted by atomic mass is 9.93. The second-order valence-corrected chi connectivity index (χ2v) is 20.0. The summed E-state index contributed by atoms with van der Waals surface area (Å²) in [5.41, 5.74) is 33.0. The minimum Gasteiger partial charge on any atom is -0.481 e. The number of carboxylic acid groups (broad SMARTS) is 1. The van der Waals surface area contributed by atoms with Gasteiger partial charge in [-0.2, -0.15) is 0 Å². The molecule has 0 unspecified atom stereocenters. The molecule has 0 aliphatic heterocycles. The standard InChI is InChI=1S/C50H87N15O14/c1-26(2)43(61-49(78)33(14-15-42(73)74)63-64-44(27(3)4)47(76)38(69)21-53)37(68)20-36(67)34(18-30-22-56-25-59-30)60-50(79)35(19-41(54)72)58-23-39(70)28(5)57-24-40(71)31(12-8-10-16-51)62-65-45(29(6)66)48(77)46(75)32(55-7)13-9-11-17-52/h22,25-29,31-35,43-45,55,57-58,62-66H,8-21,23-24,51-53H2,1-7H3,(H2,54,72)(H,56,59)(H,60,79)(H,61,78)(H,73,74)/t28-,29+,31-,32-,33-,34-,35-,43-,44-,45-/m0/s1. The number of likely N-dealkylation sites (N-methyl/N-ethyl adjacent to an activating group) is 1. The third-order valence-electron chi connectivity index (χ3n) is 12.8. The lowest BCUT2D eigenvalue weighted by Crippen LogP contribution is -2.60. The van der Waals surface area contributed by atoms with E-state index in [0.717, 1.165) is 0 Å². The Morgan fingerprint density at radius 3 is 1.70 bits per heavy atom. The van der Waals surface area contributed by atoms with Crippen molar-refractivity contribution in [3.63, 3.8) is 0 Å². The van der Waals surface area contributed by atoms with Crippen molar-refractivity contribution in [2.24, 2.45) is 34.8 Å². The molecule has 79 heavy (non-hydrogen) atoms. The molecule has 0 aliphatic rings. The summed E-state index contributed by atoms with van der Waals surface area (Å²) in [6, 6.07) is -11.1. The second-order valence-electron chi connectivity index (χ2n) is 20.0. The zero-order valence-corrected chi connectivity index (χ0v) is 46.4. The number of unbranched alkanes of at least 4 members (excludes halogenated alkanes) is 2. The van der Waals surface area contributed by atoms with Crippen LogP contribution in [0.5, 0.6) is 0 Å². The Hall–Kier alpha value is -5.99. The molecule has 0 aliphatic carbocycles. The number of imidazole rings is 1. The molecule has 29 heteroatoms. The van der Waals surface area contributed by atoms with E-state index in [2.05, 4.69) is 58.3 Å². The zero-order valence-electron chi connectivity index (χ0n) is 46.4. The average Bonchev–Trinajstić information content (AvgIpc) is 3.91. The summed E-state index contributed by atoms with van der Waals surface area (Å²) in [7, 11) is 1.54. The molecule has 1 heterocycles. The number of aliphatic hydroxyl groups excluding tert-OH is 1. The van der Waals surface area contributed by atoms with Crippen LogP contribution in [0.4, 0.5) is 0 Å². The highest BCUT2D eigenvalue weighted by Crippen LogP contribution is 2.13. The Morgan fingerprint density at radius 1 is 0.608 bits per heavy atom. The lowest BCUT2D eigenvalue weighted by molar-refractivity contribution is -0.141. The lowest BCUT2D eigenvalue weighted by Gasteiger charge is -2.28. The summed E-state index contributed by atoms with van der Waals surface area (Å²) < 4.78 is 0. The van der Waals surface area contributed by atoms with Crippen molar-refractivity contribution in [2.75, 3.05) is 39.8 Å². The molecule has 3 amide bonds. The maximum absolute atomic E-state index is 14.0. The van der Waals surface area contributed by atoms with E-state index in [9.17, 15) is 67.7 Å². The number of carbonyl (C=O) groups is 12. The molecular formula is C50H87N15O14. The van der Waals surface area contributed by atoms with E-state index in [1.54, 1.807) is 27.7 Å². The van der Waals surface area contributed by atoms with E-state index < -0.39 is 175 Å². The number of hydrogen-bond donors (Lipinski definition) is 16. The number of aromatic amines is 1. The van der Waals surface area contributed by atoms with Crippen molar-refractivity contribution in [3.8, 4) is 0 Å². The summed E-state index contributed by atoms with van der Waals surface area (Å²) in [5.74, 6) is -11.3. The Bertz CT molecular complexity index is 2180. The number of nitrogens with zero attached hydrogens (tertiary/aromatic N) is 1. The van der Waals surface area contributed by atoms with Crippen LogP contribution in [0.25, 0.3) is 0 Å². The molecular weight excluding hydrogens is 1030 g/mol. The molecule has 29 nitrogen and oxygen atoms in total. The third-order valence-corrected chi connectivity index (χ3v) is 12.8. The van der Waals surface area contributed by atoms with Gasteiger partial charge in [0.25, 0.3) is 0 Å². The van der Waals surface area contributed by atoms with Crippen LogP contribution in [-0.4, -0.2) is 190 Å². The number of Topliss-reactive ketones (excluding diaryl/α,β-unsaturated/α-hetero) is 8. The van der Waals surface area contributed by atoms with Crippen molar-refractivity contribution in [2.45, 2.75) is 173 Å². The highest BCUT2D eigenvalue weighted by Gasteiger charge is 2.36. The van der Waals surface area contributed by atoms with Gasteiger partial charge in [-0.1, -0.05) is 40.5 Å². The maximum atomic E-state index is 14.0. The second kappa shape index (κ2) is 37.8. The molecule has 446 valence electrons. The van der Waals surface area contributed by atoms with Gasteiger partial charge in [0.15, 0.2) is 23.1 Å². The molecule has 0 saturated carbocycles. The first-order chi connectivity index (χ1) is 37.2. The third kappa shape index (κ3) is 26.2. The number of carbonyl (C=O) groups excluding carboxylic acids is 11. The number of ketones is 8. The van der Waals surface area contributed by atoms with Gasteiger partial charge in [-0.25, -0.2) is 26.7 Å². The Kier molecular flexibility index (Phi) is 34.0. The smallest absolute Gasteiger partial charge is 0.303 e. The Labute approximate surface area is 460 Å². The van der Waals surface area contributed by atoms with Crippen molar-refractivity contribution in [3.05, 3.63) is 18.2 Å². The zero-order chi connectivity index (χ0) is 59.9. The van der Waals surface area contributed by atoms with E-state index in [0.29, 0.717) is 45.2 Å². The van der Waals surface area contributed by atoms with Crippen molar-refractivity contribution in [1.29, 1.82) is 0 Å². The van der Waals surface area contributed by atoms with E-state index in [4.69, 9.17) is 22.9 Å². The van der Waals surface area contributed by atoms with E-state index >= 15 is 0 Å². The van der Waals surface area contributed by atoms with Gasteiger partial charge in [0.2, 0.25) is 40.9 Å². The predicted molar refractivity (Wildman–Crippen MR) is 288 cm³/mol. The average molecular weight is 1120 g/mol. The number of aliphatic hydroxyl groups is 1. The van der Waals surface area contributed by atoms with Gasteiger partial charge in [-0.3, -0.25) is 62.9 Å². The minimum atomic E-state index is -1.50. The number of rotatable bonds is 47. The quantitative estimate of drug-likeness (QED) is 0.0125. The van der Waals surface area contributed by atoms with Gasteiger partial charge in [-0.15, -0.1) is 0 Å². The molecule has 0 bridgehead atoms. The first-order valence-corrected chi connectivity index (χ1v) is 26.5. The molecule has 0 fully saturated rings. The fourth-order valence-electron chi connectivity index (χ4n) is 7.90. The number of amides is 3. The normalized spacial score (nSPS) is 15.4. The fourth-order valence-corrected chi connectivity index (χ4v) is 7.90. The Balaban J connectivity index is 3.22. The number of aliphatic carboxylic acids is 1. The van der Waals surface area contributed by atoms with Crippen molar-refractivity contribution in [1.82, 2.24) is 58.3 Å². The van der Waals surface area contributed by atoms with Crippen molar-refractivity contribution < 1.29 is 67.7 Å². The minimum absolute atomic E-state index is 0.218. The number of hydrogen-bond acceptors (Lipinski definition) is 24. The van der Waals surface area contributed by atoms with Crippen LogP contribution >= 0.6 is 0 Å². The summed E-state index contributed by atoms with van der Waals surface area (Å²) in [6.45, 7) is 8.38. The van der Waals surface area contributed by atoms with Crippen LogP contribution < -0.4 is 71.2 Å². The highest BCUT2D eigenvalue weighted by atomic mass is 16.4. The van der Waals surface area contributed by atoms with Gasteiger partial charge >= 0.3 is 5.97 Å². The van der Waals surface area contributed by atoms with Gasteiger partial charge in [0, 0.05) is 19.0 Å². The molecule has 10 atom stereocenters.